The highest BCUT2D eigenvalue weighted by Gasteiger charge is 2.26. The van der Waals surface area contributed by atoms with Gasteiger partial charge < -0.3 is 19.9 Å². The molecule has 144 valence electrons. The van der Waals surface area contributed by atoms with Crippen molar-refractivity contribution in [2.24, 2.45) is 4.99 Å². The van der Waals surface area contributed by atoms with Crippen LogP contribution in [0.15, 0.2) is 29.3 Å². The van der Waals surface area contributed by atoms with Gasteiger partial charge in [0.1, 0.15) is 5.82 Å². The molecule has 1 N–H and O–H groups in total. The Morgan fingerprint density at radius 2 is 1.92 bits per heavy atom. The molecule has 2 rings (SSSR count). The fourth-order valence-corrected chi connectivity index (χ4v) is 2.96. The van der Waals surface area contributed by atoms with E-state index in [4.69, 9.17) is 4.74 Å². The number of amides is 1. The first-order chi connectivity index (χ1) is 12.4. The molecule has 1 heterocycles. The molecular formula is C19H29FN4O2. The van der Waals surface area contributed by atoms with E-state index in [1.807, 2.05) is 6.07 Å². The van der Waals surface area contributed by atoms with Crippen LogP contribution in [0.2, 0.25) is 0 Å². The Bertz CT molecular complexity index is 640. The molecule has 1 aliphatic heterocycles. The Morgan fingerprint density at radius 3 is 2.50 bits per heavy atom. The number of benzene rings is 1. The number of hydrogen-bond acceptors (Lipinski definition) is 3. The zero-order valence-corrected chi connectivity index (χ0v) is 16.1. The van der Waals surface area contributed by atoms with Crippen LogP contribution in [0.3, 0.4) is 0 Å². The Labute approximate surface area is 155 Å². The van der Waals surface area contributed by atoms with Gasteiger partial charge in [-0.15, -0.1) is 0 Å². The predicted molar refractivity (Wildman–Crippen MR) is 101 cm³/mol. The van der Waals surface area contributed by atoms with E-state index in [0.717, 1.165) is 11.5 Å². The van der Waals surface area contributed by atoms with E-state index < -0.39 is 0 Å². The first-order valence-electron chi connectivity index (χ1n) is 9.00. The fourth-order valence-electron chi connectivity index (χ4n) is 2.96. The number of halogens is 1. The molecule has 6 nitrogen and oxygen atoms in total. The summed E-state index contributed by atoms with van der Waals surface area (Å²) in [5, 5.41) is 3.39. The topological polar surface area (TPSA) is 57.2 Å². The summed E-state index contributed by atoms with van der Waals surface area (Å²) < 4.78 is 18.6. The first-order valence-corrected chi connectivity index (χ1v) is 9.00. The molecule has 0 bridgehead atoms. The summed E-state index contributed by atoms with van der Waals surface area (Å²) in [7, 11) is 1.75. The molecule has 1 amide bonds. The molecule has 1 aliphatic rings. The molecule has 0 aromatic heterocycles. The van der Waals surface area contributed by atoms with Crippen LogP contribution in [0, 0.1) is 5.82 Å². The van der Waals surface area contributed by atoms with Crippen molar-refractivity contribution < 1.29 is 13.9 Å². The van der Waals surface area contributed by atoms with Gasteiger partial charge >= 0.3 is 6.09 Å². The van der Waals surface area contributed by atoms with Gasteiger partial charge in [-0.05, 0) is 24.6 Å². The lowest BCUT2D eigenvalue weighted by molar-refractivity contribution is 0.0914. The van der Waals surface area contributed by atoms with Crippen LogP contribution in [-0.4, -0.2) is 68.2 Å². The van der Waals surface area contributed by atoms with E-state index in [1.54, 1.807) is 31.0 Å². The highest BCUT2D eigenvalue weighted by Crippen LogP contribution is 2.23. The maximum Gasteiger partial charge on any atom is 0.409 e. The van der Waals surface area contributed by atoms with Gasteiger partial charge in [-0.3, -0.25) is 4.99 Å². The summed E-state index contributed by atoms with van der Waals surface area (Å²) >= 11 is 0. The molecule has 0 saturated carbocycles. The molecule has 0 unspecified atom stereocenters. The first kappa shape index (κ1) is 20.0. The van der Waals surface area contributed by atoms with E-state index in [9.17, 15) is 9.18 Å². The normalized spacial score (nSPS) is 15.8. The third kappa shape index (κ3) is 5.09. The van der Waals surface area contributed by atoms with Gasteiger partial charge in [0, 0.05) is 45.2 Å². The minimum absolute atomic E-state index is 0.227. The van der Waals surface area contributed by atoms with Gasteiger partial charge in [0.25, 0.3) is 0 Å². The van der Waals surface area contributed by atoms with Crippen LogP contribution in [0.4, 0.5) is 9.18 Å². The second-order valence-electron chi connectivity index (χ2n) is 6.97. The molecule has 1 fully saturated rings. The van der Waals surface area contributed by atoms with Gasteiger partial charge in [0.05, 0.1) is 6.61 Å². The lowest BCUT2D eigenvalue weighted by Gasteiger charge is -2.37. The molecule has 0 spiro atoms. The predicted octanol–water partition coefficient (Wildman–Crippen LogP) is 2.45. The maximum atomic E-state index is 13.5. The third-order valence-corrected chi connectivity index (χ3v) is 4.61. The minimum Gasteiger partial charge on any atom is -0.450 e. The number of guanidine groups is 1. The largest absolute Gasteiger partial charge is 0.450 e. The summed E-state index contributed by atoms with van der Waals surface area (Å²) in [5.41, 5.74) is 0.692. The third-order valence-electron chi connectivity index (χ3n) is 4.61. The van der Waals surface area contributed by atoms with Crippen molar-refractivity contribution in [3.05, 3.63) is 35.6 Å². The van der Waals surface area contributed by atoms with Crippen molar-refractivity contribution in [2.45, 2.75) is 26.2 Å². The fraction of sp³-hybridized carbons (Fsp3) is 0.579. The van der Waals surface area contributed by atoms with Crippen molar-refractivity contribution in [1.29, 1.82) is 0 Å². The SMILES string of the molecule is CCOC(=O)N1CCN(C(=NC)NCC(C)(C)c2cccc(F)c2)CC1. The number of nitrogens with zero attached hydrogens (tertiary/aromatic N) is 3. The van der Waals surface area contributed by atoms with Gasteiger partial charge in [-0.2, -0.15) is 0 Å². The van der Waals surface area contributed by atoms with Crippen molar-refractivity contribution in [2.75, 3.05) is 46.4 Å². The Balaban J connectivity index is 1.91. The molecule has 1 aromatic rings. The standard InChI is InChI=1S/C19H29FN4O2/c1-5-26-18(25)24-11-9-23(10-12-24)17(21-4)22-14-19(2,3)15-7-6-8-16(20)13-15/h6-8,13H,5,9-12,14H2,1-4H3,(H,21,22). The molecule has 26 heavy (non-hydrogen) atoms. The molecule has 0 atom stereocenters. The van der Waals surface area contributed by atoms with Gasteiger partial charge in [-0.1, -0.05) is 26.0 Å². The van der Waals surface area contributed by atoms with Crippen LogP contribution in [-0.2, 0) is 10.2 Å². The van der Waals surface area contributed by atoms with Crippen molar-refractivity contribution >= 4 is 12.1 Å². The summed E-state index contributed by atoms with van der Waals surface area (Å²) in [6.07, 6.45) is -0.262. The summed E-state index contributed by atoms with van der Waals surface area (Å²) in [6, 6.07) is 6.69. The van der Waals surface area contributed by atoms with Gasteiger partial charge in [-0.25, -0.2) is 9.18 Å². The van der Waals surface area contributed by atoms with Crippen LogP contribution in [0.25, 0.3) is 0 Å². The number of rotatable bonds is 4. The van der Waals surface area contributed by atoms with Gasteiger partial charge in [0.2, 0.25) is 0 Å². The molecule has 0 radical (unpaired) electrons. The number of carbonyl (C=O) groups is 1. The number of nitrogens with one attached hydrogen (secondary N) is 1. The van der Waals surface area contributed by atoms with Gasteiger partial charge in [0.15, 0.2) is 5.96 Å². The van der Waals surface area contributed by atoms with Crippen LogP contribution in [0.5, 0.6) is 0 Å². The highest BCUT2D eigenvalue weighted by molar-refractivity contribution is 5.80. The van der Waals surface area contributed by atoms with Crippen LogP contribution < -0.4 is 5.32 Å². The molecule has 0 aliphatic carbocycles. The second-order valence-corrected chi connectivity index (χ2v) is 6.97. The minimum atomic E-state index is -0.262. The number of ether oxygens (including phenoxy) is 1. The zero-order chi connectivity index (χ0) is 19.2. The Kier molecular flexibility index (Phi) is 6.83. The van der Waals surface area contributed by atoms with E-state index in [1.165, 1.54) is 6.07 Å². The smallest absolute Gasteiger partial charge is 0.409 e. The van der Waals surface area contributed by atoms with E-state index >= 15 is 0 Å². The number of carbonyl (C=O) groups excluding carboxylic acids is 1. The monoisotopic (exact) mass is 364 g/mol. The number of hydrogen-bond donors (Lipinski definition) is 1. The summed E-state index contributed by atoms with van der Waals surface area (Å²) in [6.45, 7) is 9.55. The van der Waals surface area contributed by atoms with Crippen LogP contribution in [0.1, 0.15) is 26.3 Å². The van der Waals surface area contributed by atoms with Crippen molar-refractivity contribution in [3.8, 4) is 0 Å². The van der Waals surface area contributed by atoms with Crippen molar-refractivity contribution in [3.63, 3.8) is 0 Å². The second kappa shape index (κ2) is 8.87. The average molecular weight is 364 g/mol. The lowest BCUT2D eigenvalue weighted by atomic mass is 9.84. The quantitative estimate of drug-likeness (QED) is 0.659. The molecule has 1 aromatic carbocycles. The Hall–Kier alpha value is -2.31. The Morgan fingerprint density at radius 1 is 1.27 bits per heavy atom. The number of piperazine rings is 1. The maximum absolute atomic E-state index is 13.5. The lowest BCUT2D eigenvalue weighted by Crippen LogP contribution is -2.55. The molecular weight excluding hydrogens is 335 g/mol. The van der Waals surface area contributed by atoms with Crippen LogP contribution >= 0.6 is 0 Å². The molecule has 7 heteroatoms. The summed E-state index contributed by atoms with van der Waals surface area (Å²) in [5.74, 6) is 0.563. The zero-order valence-electron chi connectivity index (χ0n) is 16.1. The summed E-state index contributed by atoms with van der Waals surface area (Å²) in [4.78, 5) is 20.0. The van der Waals surface area contributed by atoms with E-state index in [-0.39, 0.29) is 17.3 Å². The van der Waals surface area contributed by atoms with E-state index in [2.05, 4.69) is 29.1 Å². The molecule has 1 saturated heterocycles. The number of aliphatic imine (C=N–C) groups is 1. The van der Waals surface area contributed by atoms with E-state index in [0.29, 0.717) is 39.3 Å². The average Bonchev–Trinajstić information content (AvgIpc) is 2.63. The highest BCUT2D eigenvalue weighted by atomic mass is 19.1. The van der Waals surface area contributed by atoms with Crippen molar-refractivity contribution in [1.82, 2.24) is 15.1 Å².